The minimum Gasteiger partial charge on any atom is -0.356 e. The quantitative estimate of drug-likeness (QED) is 0.351. The van der Waals surface area contributed by atoms with Crippen molar-refractivity contribution in [3.63, 3.8) is 0 Å². The predicted molar refractivity (Wildman–Crippen MR) is 120 cm³/mol. The topological polar surface area (TPSA) is 68.0 Å². The third-order valence-electron chi connectivity index (χ3n) is 4.58. The number of halogens is 1. The van der Waals surface area contributed by atoms with Crippen LogP contribution in [0.1, 0.15) is 10.4 Å². The molecule has 3 aromatic carbocycles. The number of thiazole rings is 1. The lowest BCUT2D eigenvalue weighted by atomic mass is 10.1. The van der Waals surface area contributed by atoms with E-state index in [0.717, 1.165) is 16.0 Å². The second kappa shape index (κ2) is 7.74. The van der Waals surface area contributed by atoms with Crippen molar-refractivity contribution in [2.75, 3.05) is 5.32 Å². The van der Waals surface area contributed by atoms with E-state index in [4.69, 9.17) is 21.1 Å². The normalized spacial score (nSPS) is 11.0. The molecule has 0 saturated carbocycles. The van der Waals surface area contributed by atoms with Gasteiger partial charge in [0.25, 0.3) is 5.91 Å². The minimum absolute atomic E-state index is 0.241. The maximum absolute atomic E-state index is 12.7. The number of carbonyl (C=O) groups excluding carboxylic acids is 1. The summed E-state index contributed by atoms with van der Waals surface area (Å²) in [6, 6.07) is 22.2. The average molecular weight is 432 g/mol. The third kappa shape index (κ3) is 3.58. The van der Waals surface area contributed by atoms with E-state index in [1.165, 1.54) is 11.3 Å². The molecule has 7 heteroatoms. The molecule has 5 nitrogen and oxygen atoms in total. The summed E-state index contributed by atoms with van der Waals surface area (Å²) >= 11 is 7.53. The number of anilines is 1. The van der Waals surface area contributed by atoms with Gasteiger partial charge in [-0.25, -0.2) is 4.98 Å². The molecule has 1 amide bonds. The van der Waals surface area contributed by atoms with Crippen LogP contribution in [0.15, 0.2) is 82.7 Å². The molecule has 146 valence electrons. The van der Waals surface area contributed by atoms with Crippen LogP contribution in [-0.2, 0) is 0 Å². The Morgan fingerprint density at radius 2 is 1.87 bits per heavy atom. The van der Waals surface area contributed by atoms with E-state index in [0.29, 0.717) is 33.2 Å². The van der Waals surface area contributed by atoms with Crippen LogP contribution in [0.2, 0.25) is 5.02 Å². The molecule has 0 atom stereocenters. The molecule has 0 aliphatic carbocycles. The van der Waals surface area contributed by atoms with Crippen molar-refractivity contribution >= 4 is 45.5 Å². The van der Waals surface area contributed by atoms with Crippen molar-refractivity contribution in [2.45, 2.75) is 0 Å². The van der Waals surface area contributed by atoms with Gasteiger partial charge in [-0.1, -0.05) is 53.2 Å². The summed E-state index contributed by atoms with van der Waals surface area (Å²) in [6.45, 7) is 0. The number of nitrogens with one attached hydrogen (secondary N) is 1. The summed E-state index contributed by atoms with van der Waals surface area (Å²) in [5.74, 6) is -0.241. The Labute approximate surface area is 180 Å². The Bertz CT molecular complexity index is 1360. The minimum atomic E-state index is -0.241. The fraction of sp³-hybridized carbons (Fsp3) is 0. The number of nitrogens with zero attached hydrogens (tertiary/aromatic N) is 2. The molecule has 1 N–H and O–H groups in total. The number of hydrogen-bond donors (Lipinski definition) is 1. The van der Waals surface area contributed by atoms with Crippen molar-refractivity contribution in [3.05, 3.63) is 88.8 Å². The second-order valence-corrected chi connectivity index (χ2v) is 7.91. The zero-order valence-corrected chi connectivity index (χ0v) is 17.1. The number of rotatable bonds is 4. The van der Waals surface area contributed by atoms with E-state index in [-0.39, 0.29) is 5.91 Å². The third-order valence-corrected chi connectivity index (χ3v) is 5.71. The van der Waals surface area contributed by atoms with Gasteiger partial charge in [-0.2, -0.15) is 0 Å². The molecule has 5 rings (SSSR count). The van der Waals surface area contributed by atoms with Gasteiger partial charge in [-0.3, -0.25) is 4.79 Å². The second-order valence-electron chi connectivity index (χ2n) is 6.61. The first-order valence-electron chi connectivity index (χ1n) is 9.15. The molecule has 0 aliphatic rings. The van der Waals surface area contributed by atoms with Gasteiger partial charge in [-0.05, 0) is 36.4 Å². The number of benzene rings is 3. The zero-order chi connectivity index (χ0) is 20.5. The van der Waals surface area contributed by atoms with Gasteiger partial charge in [0.2, 0.25) is 0 Å². The lowest BCUT2D eigenvalue weighted by Gasteiger charge is -2.05. The molecule has 0 bridgehead atoms. The molecule has 0 saturated heterocycles. The Balaban J connectivity index is 1.48. The molecule has 5 aromatic rings. The molecule has 2 aromatic heterocycles. The average Bonchev–Trinajstić information content (AvgIpc) is 3.41. The predicted octanol–water partition coefficient (Wildman–Crippen LogP) is 6.52. The molecule has 0 radical (unpaired) electrons. The Morgan fingerprint density at radius 3 is 2.70 bits per heavy atom. The highest BCUT2D eigenvalue weighted by Gasteiger charge is 2.17. The van der Waals surface area contributed by atoms with E-state index in [1.807, 2.05) is 35.7 Å². The van der Waals surface area contributed by atoms with Crippen LogP contribution < -0.4 is 5.32 Å². The van der Waals surface area contributed by atoms with Crippen molar-refractivity contribution in [3.8, 4) is 22.0 Å². The van der Waals surface area contributed by atoms with E-state index < -0.39 is 0 Å². The molecular weight excluding hydrogens is 418 g/mol. The standard InChI is InChI=1S/C23H14ClN3O2S/c24-16-7-4-8-17(12-16)25-22(28)15-9-10-20-18(11-15)21(27-29-20)19-13-30-23(26-19)14-5-2-1-3-6-14/h1-13H,(H,25,28). The van der Waals surface area contributed by atoms with Crippen LogP contribution in [0.5, 0.6) is 0 Å². The number of carbonyl (C=O) groups is 1. The van der Waals surface area contributed by atoms with Crippen LogP contribution in [0, 0.1) is 0 Å². The summed E-state index contributed by atoms with van der Waals surface area (Å²) in [6.07, 6.45) is 0. The SMILES string of the molecule is O=C(Nc1cccc(Cl)c1)c1ccc2onc(-c3csc(-c4ccccc4)n3)c2c1. The van der Waals surface area contributed by atoms with Gasteiger partial charge in [-0.15, -0.1) is 11.3 Å². The largest absolute Gasteiger partial charge is 0.356 e. The zero-order valence-electron chi connectivity index (χ0n) is 15.5. The van der Waals surface area contributed by atoms with Crippen molar-refractivity contribution in [1.82, 2.24) is 10.1 Å². The van der Waals surface area contributed by atoms with Gasteiger partial charge in [0.15, 0.2) is 5.58 Å². The summed E-state index contributed by atoms with van der Waals surface area (Å²) in [7, 11) is 0. The van der Waals surface area contributed by atoms with E-state index in [1.54, 1.807) is 42.5 Å². The van der Waals surface area contributed by atoms with E-state index >= 15 is 0 Å². The lowest BCUT2D eigenvalue weighted by Crippen LogP contribution is -2.11. The highest BCUT2D eigenvalue weighted by molar-refractivity contribution is 7.13. The van der Waals surface area contributed by atoms with Crippen LogP contribution >= 0.6 is 22.9 Å². The van der Waals surface area contributed by atoms with Gasteiger partial charge >= 0.3 is 0 Å². The van der Waals surface area contributed by atoms with Crippen LogP contribution in [0.4, 0.5) is 5.69 Å². The van der Waals surface area contributed by atoms with Crippen LogP contribution in [0.3, 0.4) is 0 Å². The van der Waals surface area contributed by atoms with Crippen molar-refractivity contribution < 1.29 is 9.32 Å². The number of fused-ring (bicyclic) bond motifs is 1. The first-order valence-corrected chi connectivity index (χ1v) is 10.4. The Kier molecular flexibility index (Phi) is 4.78. The number of aromatic nitrogens is 2. The smallest absolute Gasteiger partial charge is 0.255 e. The highest BCUT2D eigenvalue weighted by atomic mass is 35.5. The summed E-state index contributed by atoms with van der Waals surface area (Å²) in [5, 5.41) is 11.2. The highest BCUT2D eigenvalue weighted by Crippen LogP contribution is 2.33. The molecular formula is C23H14ClN3O2S. The summed E-state index contributed by atoms with van der Waals surface area (Å²) in [5.41, 5.74) is 4.09. The van der Waals surface area contributed by atoms with E-state index in [2.05, 4.69) is 10.5 Å². The fourth-order valence-corrected chi connectivity index (χ4v) is 4.13. The molecule has 30 heavy (non-hydrogen) atoms. The van der Waals surface area contributed by atoms with E-state index in [9.17, 15) is 4.79 Å². The Hall–Kier alpha value is -3.48. The lowest BCUT2D eigenvalue weighted by molar-refractivity contribution is 0.102. The summed E-state index contributed by atoms with van der Waals surface area (Å²) < 4.78 is 5.45. The maximum Gasteiger partial charge on any atom is 0.255 e. The maximum atomic E-state index is 12.7. The van der Waals surface area contributed by atoms with Crippen LogP contribution in [0.25, 0.3) is 32.9 Å². The van der Waals surface area contributed by atoms with Gasteiger partial charge in [0.05, 0.1) is 5.39 Å². The first kappa shape index (κ1) is 18.5. The monoisotopic (exact) mass is 431 g/mol. The van der Waals surface area contributed by atoms with Crippen molar-refractivity contribution in [1.29, 1.82) is 0 Å². The Morgan fingerprint density at radius 1 is 1.00 bits per heavy atom. The molecule has 0 fully saturated rings. The molecule has 0 aliphatic heterocycles. The fourth-order valence-electron chi connectivity index (χ4n) is 3.13. The van der Waals surface area contributed by atoms with Gasteiger partial charge in [0.1, 0.15) is 16.4 Å². The van der Waals surface area contributed by atoms with Crippen LogP contribution in [-0.4, -0.2) is 16.0 Å². The van der Waals surface area contributed by atoms with Gasteiger partial charge in [0, 0.05) is 27.2 Å². The van der Waals surface area contributed by atoms with Crippen molar-refractivity contribution in [2.24, 2.45) is 0 Å². The summed E-state index contributed by atoms with van der Waals surface area (Å²) in [4.78, 5) is 17.4. The number of amides is 1. The van der Waals surface area contributed by atoms with Gasteiger partial charge < -0.3 is 9.84 Å². The molecule has 0 spiro atoms. The number of hydrogen-bond acceptors (Lipinski definition) is 5. The first-order chi connectivity index (χ1) is 14.7. The molecule has 2 heterocycles. The molecule has 0 unspecified atom stereocenters.